The molecule has 0 saturated carbocycles. The molecule has 6 heteroatoms. The van der Waals surface area contributed by atoms with Crippen molar-refractivity contribution in [3.8, 4) is 5.75 Å². The first-order valence-electron chi connectivity index (χ1n) is 13.6. The van der Waals surface area contributed by atoms with Crippen LogP contribution in [0.1, 0.15) is 46.0 Å². The van der Waals surface area contributed by atoms with Crippen LogP contribution in [-0.4, -0.2) is 48.6 Å². The molecular weight excluding hydrogens is 393 g/mol. The van der Waals surface area contributed by atoms with Crippen LogP contribution in [0.25, 0.3) is 0 Å². The predicted octanol–water partition coefficient (Wildman–Crippen LogP) is 4.67. The molecule has 1 aliphatic heterocycles. The van der Waals surface area contributed by atoms with E-state index in [1.165, 1.54) is 12.1 Å². The van der Waals surface area contributed by atoms with Gasteiger partial charge >= 0.3 is 6.03 Å². The van der Waals surface area contributed by atoms with Gasteiger partial charge in [-0.15, -0.1) is 0 Å². The van der Waals surface area contributed by atoms with Crippen molar-refractivity contribution in [2.45, 2.75) is 45.8 Å². The Bertz CT molecular complexity index is 1080. The number of benzene rings is 2. The molecule has 3 rings (SSSR count). The number of ether oxygens (including phenoxy) is 1. The van der Waals surface area contributed by atoms with Crippen molar-refractivity contribution in [3.63, 3.8) is 0 Å². The fraction of sp³-hybridized carbons (Fsp3) is 0.480. The zero-order valence-corrected chi connectivity index (χ0v) is 18.3. The van der Waals surface area contributed by atoms with E-state index >= 15 is 0 Å². The summed E-state index contributed by atoms with van der Waals surface area (Å²) in [5, 5.41) is 2.61. The number of urea groups is 1. The Morgan fingerprint density at radius 3 is 2.71 bits per heavy atom. The number of hydrogen-bond donors (Lipinski definition) is 1. The van der Waals surface area contributed by atoms with Gasteiger partial charge in [-0.3, -0.25) is 0 Å². The van der Waals surface area contributed by atoms with Crippen LogP contribution in [0.15, 0.2) is 48.4 Å². The molecule has 1 fully saturated rings. The van der Waals surface area contributed by atoms with Crippen molar-refractivity contribution < 1.29 is 22.1 Å². The number of amides is 2. The average Bonchev–Trinajstić information content (AvgIpc) is 2.84. The van der Waals surface area contributed by atoms with E-state index in [0.29, 0.717) is 25.9 Å². The molecule has 1 N–H and O–H groups in total. The van der Waals surface area contributed by atoms with E-state index in [4.69, 9.17) is 13.0 Å². The van der Waals surface area contributed by atoms with E-state index in [9.17, 15) is 9.18 Å². The molecule has 168 valence electrons. The van der Waals surface area contributed by atoms with Crippen LogP contribution >= 0.6 is 0 Å². The molecule has 0 aromatic heterocycles. The standard InChI is InChI=1S/C25H34FN3O2/c1-19(2)18-31-24-10-6-20(7-11-24)16-27-25(30)29(23-12-14-28(3)15-13-23)17-21-4-8-22(26)9-5-21/h4-11,19,23H,12-18H2,1-3H3,(H,27,30)/i6D,7T,10D,11D,17D2. The van der Waals surface area contributed by atoms with Crippen molar-refractivity contribution in [1.29, 1.82) is 0 Å². The minimum absolute atomic E-state index is 0.0223. The van der Waals surface area contributed by atoms with Crippen molar-refractivity contribution in [2.75, 3.05) is 26.7 Å². The van der Waals surface area contributed by atoms with E-state index < -0.39 is 24.4 Å². The summed E-state index contributed by atoms with van der Waals surface area (Å²) in [6.07, 6.45) is 1.07. The van der Waals surface area contributed by atoms with Crippen molar-refractivity contribution in [2.24, 2.45) is 5.92 Å². The topological polar surface area (TPSA) is 44.8 Å². The average molecular weight is 435 g/mol. The van der Waals surface area contributed by atoms with Gasteiger partial charge in [-0.1, -0.05) is 38.1 Å². The molecule has 31 heavy (non-hydrogen) atoms. The second-order valence-corrected chi connectivity index (χ2v) is 8.19. The van der Waals surface area contributed by atoms with Gasteiger partial charge in [0.05, 0.1) is 14.8 Å². The summed E-state index contributed by atoms with van der Waals surface area (Å²) in [5.74, 6) is -0.527. The molecule has 0 unspecified atom stereocenters. The summed E-state index contributed by atoms with van der Waals surface area (Å²) < 4.78 is 69.8. The summed E-state index contributed by atoms with van der Waals surface area (Å²) in [6.45, 7) is 2.79. The smallest absolute Gasteiger partial charge is 0.318 e. The van der Waals surface area contributed by atoms with Crippen LogP contribution in [-0.2, 0) is 13.0 Å². The van der Waals surface area contributed by atoms with Gasteiger partial charge in [0.15, 0.2) is 0 Å². The molecule has 0 radical (unpaired) electrons. The third kappa shape index (κ3) is 7.24. The van der Waals surface area contributed by atoms with Gasteiger partial charge in [0.2, 0.25) is 0 Å². The molecule has 0 bridgehead atoms. The van der Waals surface area contributed by atoms with E-state index in [1.54, 1.807) is 0 Å². The summed E-state index contributed by atoms with van der Waals surface area (Å²) in [4.78, 5) is 16.7. The second-order valence-electron chi connectivity index (χ2n) is 8.19. The fourth-order valence-electron chi connectivity index (χ4n) is 3.21. The molecule has 5 nitrogen and oxygen atoms in total. The lowest BCUT2D eigenvalue weighted by atomic mass is 10.0. The summed E-state index contributed by atoms with van der Waals surface area (Å²) >= 11 is 0. The first-order chi connectivity index (χ1) is 17.3. The summed E-state index contributed by atoms with van der Waals surface area (Å²) in [5.41, 5.74) is 0.102. The summed E-state index contributed by atoms with van der Waals surface area (Å²) in [7, 11) is 1.95. The Morgan fingerprint density at radius 2 is 2.03 bits per heavy atom. The normalized spacial score (nSPS) is 18.4. The summed E-state index contributed by atoms with van der Waals surface area (Å²) in [6, 6.07) is 2.40. The number of carbonyl (C=O) groups excluding carboxylic acids is 1. The Balaban J connectivity index is 1.89. The van der Waals surface area contributed by atoms with Crippen LogP contribution in [0.5, 0.6) is 5.75 Å². The van der Waals surface area contributed by atoms with Crippen LogP contribution in [0, 0.1) is 11.7 Å². The number of hydrogen-bond acceptors (Lipinski definition) is 3. The van der Waals surface area contributed by atoms with E-state index in [1.807, 2.05) is 20.9 Å². The van der Waals surface area contributed by atoms with Crippen LogP contribution in [0.4, 0.5) is 9.18 Å². The molecule has 2 amide bonds. The van der Waals surface area contributed by atoms with Crippen LogP contribution < -0.4 is 10.1 Å². The van der Waals surface area contributed by atoms with Gasteiger partial charge in [-0.2, -0.15) is 0 Å². The minimum Gasteiger partial charge on any atom is -0.493 e. The number of rotatable bonds is 8. The monoisotopic (exact) mass is 434 g/mol. The van der Waals surface area contributed by atoms with Gasteiger partial charge in [-0.05, 0) is 74.2 Å². The molecule has 0 atom stereocenters. The zero-order valence-electron chi connectivity index (χ0n) is 24.3. The van der Waals surface area contributed by atoms with Crippen molar-refractivity contribution >= 4 is 6.03 Å². The predicted molar refractivity (Wildman–Crippen MR) is 121 cm³/mol. The van der Waals surface area contributed by atoms with E-state index in [0.717, 1.165) is 17.0 Å². The third-order valence-electron chi connectivity index (χ3n) is 5.00. The van der Waals surface area contributed by atoms with Crippen LogP contribution in [0.3, 0.4) is 0 Å². The first-order valence-corrected chi connectivity index (χ1v) is 10.6. The maximum atomic E-state index is 13.5. The highest BCUT2D eigenvalue weighted by Gasteiger charge is 2.27. The number of nitrogens with one attached hydrogen (secondary N) is 1. The maximum Gasteiger partial charge on any atom is 0.318 e. The zero-order chi connectivity index (χ0) is 27.5. The molecule has 1 saturated heterocycles. The SMILES string of the molecule is [2H]c1c([2H])c(OCC(C)C)c([2H])c([3H])c1CNC(=O)N(C1CCN(C)CC1)C([2H])([2H])c1ccc(F)cc1. The largest absolute Gasteiger partial charge is 0.493 e. The Morgan fingerprint density at radius 1 is 1.32 bits per heavy atom. The third-order valence-corrected chi connectivity index (χ3v) is 5.00. The Kier molecular flexibility index (Phi) is 5.78. The second kappa shape index (κ2) is 11.1. The Hall–Kier alpha value is -2.60. The van der Waals surface area contributed by atoms with Gasteiger partial charge < -0.3 is 19.9 Å². The minimum atomic E-state index is -2.26. The number of piperidine rings is 1. The fourth-order valence-corrected chi connectivity index (χ4v) is 3.21. The lowest BCUT2D eigenvalue weighted by molar-refractivity contribution is 0.127. The van der Waals surface area contributed by atoms with Crippen molar-refractivity contribution in [3.05, 3.63) is 65.4 Å². The lowest BCUT2D eigenvalue weighted by Crippen LogP contribution is -2.49. The highest BCUT2D eigenvalue weighted by atomic mass is 19.1. The molecule has 2 aromatic carbocycles. The van der Waals surface area contributed by atoms with Gasteiger partial charge in [-0.25, -0.2) is 9.18 Å². The number of likely N-dealkylation sites (tertiary alicyclic amines) is 1. The lowest BCUT2D eigenvalue weighted by Gasteiger charge is -2.37. The van der Waals surface area contributed by atoms with E-state index in [2.05, 4.69) is 10.2 Å². The molecule has 1 aliphatic rings. The molecule has 2 aromatic rings. The molecule has 0 aliphatic carbocycles. The number of nitrogens with zero attached hydrogens (tertiary/aromatic N) is 2. The molecule has 0 spiro atoms. The van der Waals surface area contributed by atoms with Crippen molar-refractivity contribution in [1.82, 2.24) is 15.1 Å². The quantitative estimate of drug-likeness (QED) is 0.657. The van der Waals surface area contributed by atoms with Crippen LogP contribution in [0.2, 0.25) is 0 Å². The highest BCUT2D eigenvalue weighted by molar-refractivity contribution is 5.74. The van der Waals surface area contributed by atoms with Gasteiger partial charge in [0.25, 0.3) is 0 Å². The number of carbonyl (C=O) groups is 1. The van der Waals surface area contributed by atoms with Gasteiger partial charge in [0.1, 0.15) is 11.6 Å². The molecule has 1 heterocycles. The maximum absolute atomic E-state index is 13.5. The first kappa shape index (κ1) is 16.1. The highest BCUT2D eigenvalue weighted by Crippen LogP contribution is 2.19. The Labute approximate surface area is 193 Å². The van der Waals surface area contributed by atoms with E-state index in [-0.39, 0.29) is 60.1 Å². The van der Waals surface area contributed by atoms with Gasteiger partial charge in [0, 0.05) is 19.1 Å². The molecular formula is C25H34FN3O2. The number of halogens is 1.